The molecule has 2 aromatic carbocycles. The predicted octanol–water partition coefficient (Wildman–Crippen LogP) is 4.00. The van der Waals surface area contributed by atoms with E-state index in [1.807, 2.05) is 18.2 Å². The summed E-state index contributed by atoms with van der Waals surface area (Å²) in [4.78, 5) is 17.3. The second kappa shape index (κ2) is 7.57. The summed E-state index contributed by atoms with van der Waals surface area (Å²) >= 11 is 0. The number of carbonyl (C=O) groups excluding carboxylic acids is 1. The van der Waals surface area contributed by atoms with E-state index >= 15 is 0 Å². The number of rotatable bonds is 5. The molecule has 0 aliphatic carbocycles. The molecule has 0 fully saturated rings. The van der Waals surface area contributed by atoms with Crippen molar-refractivity contribution in [3.63, 3.8) is 0 Å². The molecule has 0 saturated carbocycles. The minimum Gasteiger partial charge on any atom is -0.495 e. The van der Waals surface area contributed by atoms with Crippen molar-refractivity contribution in [3.05, 3.63) is 90.0 Å². The van der Waals surface area contributed by atoms with Crippen LogP contribution < -0.4 is 10.1 Å². The van der Waals surface area contributed by atoms with E-state index in [1.165, 1.54) is 12.1 Å². The Morgan fingerprint density at radius 1 is 1.04 bits per heavy atom. The average Bonchev–Trinajstić information content (AvgIpc) is 2.65. The van der Waals surface area contributed by atoms with Crippen molar-refractivity contribution in [3.8, 4) is 5.75 Å². The molecule has 0 aliphatic heterocycles. The fourth-order valence-corrected chi connectivity index (χ4v) is 2.61. The number of hydrogen-bond acceptors (Lipinski definition) is 3. The molecule has 25 heavy (non-hydrogen) atoms. The van der Waals surface area contributed by atoms with Gasteiger partial charge in [0.15, 0.2) is 0 Å². The Bertz CT molecular complexity index is 851. The molecular weight excluding hydrogens is 319 g/mol. The van der Waals surface area contributed by atoms with Crippen LogP contribution in [0.4, 0.5) is 10.1 Å². The van der Waals surface area contributed by atoms with E-state index in [4.69, 9.17) is 4.74 Å². The number of para-hydroxylation sites is 2. The molecule has 0 radical (unpaired) electrons. The summed E-state index contributed by atoms with van der Waals surface area (Å²) in [6.45, 7) is 0. The molecule has 3 rings (SSSR count). The number of hydrogen-bond donors (Lipinski definition) is 1. The molecule has 0 saturated heterocycles. The van der Waals surface area contributed by atoms with E-state index in [9.17, 15) is 9.18 Å². The zero-order valence-electron chi connectivity index (χ0n) is 13.6. The van der Waals surface area contributed by atoms with Gasteiger partial charge in [-0.1, -0.05) is 30.3 Å². The van der Waals surface area contributed by atoms with Crippen LogP contribution in [0.1, 0.15) is 17.2 Å². The number of aromatic nitrogens is 1. The fraction of sp³-hybridized carbons (Fsp3) is 0.100. The molecule has 1 amide bonds. The molecule has 0 aliphatic rings. The number of nitrogens with zero attached hydrogens (tertiary/aromatic N) is 1. The maximum Gasteiger partial charge on any atom is 0.238 e. The van der Waals surface area contributed by atoms with E-state index in [-0.39, 0.29) is 11.7 Å². The summed E-state index contributed by atoms with van der Waals surface area (Å²) in [5.41, 5.74) is 1.81. The van der Waals surface area contributed by atoms with Gasteiger partial charge >= 0.3 is 0 Å². The lowest BCUT2D eigenvalue weighted by Gasteiger charge is -2.18. The van der Waals surface area contributed by atoms with Gasteiger partial charge in [0.25, 0.3) is 0 Å². The van der Waals surface area contributed by atoms with E-state index in [2.05, 4.69) is 10.3 Å². The lowest BCUT2D eigenvalue weighted by molar-refractivity contribution is -0.116. The molecule has 3 aromatic rings. The lowest BCUT2D eigenvalue weighted by Crippen LogP contribution is -2.23. The van der Waals surface area contributed by atoms with Crippen LogP contribution in [0, 0.1) is 5.82 Å². The molecule has 1 heterocycles. The molecule has 0 bridgehead atoms. The predicted molar refractivity (Wildman–Crippen MR) is 94.1 cm³/mol. The molecule has 0 spiro atoms. The fourth-order valence-electron chi connectivity index (χ4n) is 2.61. The van der Waals surface area contributed by atoms with Gasteiger partial charge in [0.05, 0.1) is 18.5 Å². The third-order valence-corrected chi connectivity index (χ3v) is 3.81. The Morgan fingerprint density at radius 2 is 1.76 bits per heavy atom. The van der Waals surface area contributed by atoms with Crippen LogP contribution in [0.2, 0.25) is 0 Å². The number of carbonyl (C=O) groups is 1. The van der Waals surface area contributed by atoms with Gasteiger partial charge in [-0.15, -0.1) is 0 Å². The Morgan fingerprint density at radius 3 is 2.44 bits per heavy atom. The maximum atomic E-state index is 13.3. The summed E-state index contributed by atoms with van der Waals surface area (Å²) in [6, 6.07) is 18.4. The molecule has 1 atom stereocenters. The number of amides is 1. The van der Waals surface area contributed by atoms with Gasteiger partial charge in [-0.25, -0.2) is 4.39 Å². The number of halogens is 1. The molecule has 5 heteroatoms. The van der Waals surface area contributed by atoms with Crippen molar-refractivity contribution < 1.29 is 13.9 Å². The molecule has 126 valence electrons. The van der Waals surface area contributed by atoms with E-state index in [0.717, 1.165) is 0 Å². The zero-order chi connectivity index (χ0) is 17.6. The largest absolute Gasteiger partial charge is 0.495 e. The highest BCUT2D eigenvalue weighted by Gasteiger charge is 2.24. The van der Waals surface area contributed by atoms with E-state index in [1.54, 1.807) is 49.7 Å². The van der Waals surface area contributed by atoms with Gasteiger partial charge in [-0.3, -0.25) is 9.78 Å². The minimum atomic E-state index is -0.660. The number of pyridine rings is 1. The summed E-state index contributed by atoms with van der Waals surface area (Å²) < 4.78 is 18.5. The SMILES string of the molecule is COc1ccccc1NC(=O)C(c1ccc(F)cc1)c1ccccn1. The second-order valence-electron chi connectivity index (χ2n) is 5.43. The first-order chi connectivity index (χ1) is 12.2. The van der Waals surface area contributed by atoms with Crippen molar-refractivity contribution in [2.45, 2.75) is 5.92 Å². The van der Waals surface area contributed by atoms with Crippen LogP contribution in [0.3, 0.4) is 0 Å². The maximum absolute atomic E-state index is 13.3. The lowest BCUT2D eigenvalue weighted by atomic mass is 9.94. The molecule has 1 unspecified atom stereocenters. The Labute approximate surface area is 145 Å². The molecule has 4 nitrogen and oxygen atoms in total. The van der Waals surface area contributed by atoms with Crippen molar-refractivity contribution in [2.75, 3.05) is 12.4 Å². The smallest absolute Gasteiger partial charge is 0.238 e. The molecular formula is C20H17FN2O2. The van der Waals surface area contributed by atoms with Crippen LogP contribution in [0.5, 0.6) is 5.75 Å². The Kier molecular flexibility index (Phi) is 5.04. The van der Waals surface area contributed by atoms with Gasteiger partial charge in [0.1, 0.15) is 17.5 Å². The zero-order valence-corrected chi connectivity index (χ0v) is 13.6. The van der Waals surface area contributed by atoms with Gasteiger partial charge in [0.2, 0.25) is 5.91 Å². The summed E-state index contributed by atoms with van der Waals surface area (Å²) in [5.74, 6) is -0.718. The average molecular weight is 336 g/mol. The standard InChI is InChI=1S/C20H17FN2O2/c1-25-18-8-3-2-6-16(18)23-20(24)19(17-7-4-5-13-22-17)14-9-11-15(21)12-10-14/h2-13,19H,1H3,(H,23,24). The van der Waals surface area contributed by atoms with Crippen LogP contribution >= 0.6 is 0 Å². The summed E-state index contributed by atoms with van der Waals surface area (Å²) in [5, 5.41) is 2.88. The van der Waals surface area contributed by atoms with Gasteiger partial charge < -0.3 is 10.1 Å². The number of ether oxygens (including phenoxy) is 1. The Hall–Kier alpha value is -3.21. The first kappa shape index (κ1) is 16.6. The topological polar surface area (TPSA) is 51.2 Å². The third kappa shape index (κ3) is 3.83. The monoisotopic (exact) mass is 336 g/mol. The first-order valence-electron chi connectivity index (χ1n) is 7.79. The van der Waals surface area contributed by atoms with Crippen LogP contribution in [-0.4, -0.2) is 18.0 Å². The van der Waals surface area contributed by atoms with Crippen LogP contribution in [0.25, 0.3) is 0 Å². The number of anilines is 1. The van der Waals surface area contributed by atoms with Gasteiger partial charge in [0, 0.05) is 6.20 Å². The van der Waals surface area contributed by atoms with Gasteiger partial charge in [-0.2, -0.15) is 0 Å². The Balaban J connectivity index is 1.96. The first-order valence-corrected chi connectivity index (χ1v) is 7.79. The molecule has 1 aromatic heterocycles. The highest BCUT2D eigenvalue weighted by atomic mass is 19.1. The van der Waals surface area contributed by atoms with Gasteiger partial charge in [-0.05, 0) is 42.0 Å². The molecule has 1 N–H and O–H groups in total. The number of methoxy groups -OCH3 is 1. The highest BCUT2D eigenvalue weighted by molar-refractivity contribution is 5.98. The van der Waals surface area contributed by atoms with Crippen molar-refractivity contribution in [2.24, 2.45) is 0 Å². The van der Waals surface area contributed by atoms with Crippen molar-refractivity contribution in [1.29, 1.82) is 0 Å². The van der Waals surface area contributed by atoms with Crippen molar-refractivity contribution in [1.82, 2.24) is 4.98 Å². The van der Waals surface area contributed by atoms with Crippen LogP contribution in [0.15, 0.2) is 72.9 Å². The quantitative estimate of drug-likeness (QED) is 0.766. The van der Waals surface area contributed by atoms with Crippen molar-refractivity contribution >= 4 is 11.6 Å². The number of nitrogens with one attached hydrogen (secondary N) is 1. The number of benzene rings is 2. The summed E-state index contributed by atoms with van der Waals surface area (Å²) in [7, 11) is 1.54. The van der Waals surface area contributed by atoms with Crippen LogP contribution in [-0.2, 0) is 4.79 Å². The van der Waals surface area contributed by atoms with E-state index in [0.29, 0.717) is 22.7 Å². The normalized spacial score (nSPS) is 11.6. The minimum absolute atomic E-state index is 0.269. The summed E-state index contributed by atoms with van der Waals surface area (Å²) in [6.07, 6.45) is 1.63. The second-order valence-corrected chi connectivity index (χ2v) is 5.43. The van der Waals surface area contributed by atoms with E-state index < -0.39 is 5.92 Å². The third-order valence-electron chi connectivity index (χ3n) is 3.81. The highest BCUT2D eigenvalue weighted by Crippen LogP contribution is 2.28.